The first-order chi connectivity index (χ1) is 6.27. The van der Waals surface area contributed by atoms with Gasteiger partial charge in [0.25, 0.3) is 0 Å². The molecular weight excluding hydrogens is 168 g/mol. The second kappa shape index (κ2) is 2.85. The summed E-state index contributed by atoms with van der Waals surface area (Å²) in [6.45, 7) is 1.97. The molecule has 0 aromatic heterocycles. The summed E-state index contributed by atoms with van der Waals surface area (Å²) in [5, 5.41) is 7.98. The topological polar surface area (TPSA) is 59.1 Å². The van der Waals surface area contributed by atoms with Crippen LogP contribution in [0.4, 0.5) is 10.5 Å². The molecule has 1 aromatic rings. The highest BCUT2D eigenvalue weighted by atomic mass is 16.2. The lowest BCUT2D eigenvalue weighted by Gasteiger charge is -2.07. The smallest absolute Gasteiger partial charge is 0.242 e. The van der Waals surface area contributed by atoms with E-state index in [0.717, 1.165) is 10.6 Å². The number of benzene rings is 1. The first kappa shape index (κ1) is 7.72. The standard InChI is InChI=1S/C8H7N4O/c1-6-2-4-7(5-3-6)12-8(13)9-10-11-12/h2-5H,1H3. The van der Waals surface area contributed by atoms with Crippen molar-refractivity contribution >= 4 is 11.7 Å². The molecule has 13 heavy (non-hydrogen) atoms. The van der Waals surface area contributed by atoms with E-state index in [1.165, 1.54) is 0 Å². The lowest BCUT2D eigenvalue weighted by molar-refractivity contribution is 0.250. The van der Waals surface area contributed by atoms with Crippen molar-refractivity contribution in [1.82, 2.24) is 5.43 Å². The number of carbonyl (C=O) groups excluding carboxylic acids is 1. The van der Waals surface area contributed by atoms with Crippen molar-refractivity contribution in [3.05, 3.63) is 29.8 Å². The lowest BCUT2D eigenvalue weighted by atomic mass is 10.2. The van der Waals surface area contributed by atoms with Gasteiger partial charge < -0.3 is 0 Å². The van der Waals surface area contributed by atoms with Gasteiger partial charge in [-0.15, -0.1) is 0 Å². The molecule has 0 bridgehead atoms. The summed E-state index contributed by atoms with van der Waals surface area (Å²) in [6, 6.07) is 6.94. The van der Waals surface area contributed by atoms with E-state index in [1.54, 1.807) is 12.1 Å². The van der Waals surface area contributed by atoms with Crippen LogP contribution in [-0.2, 0) is 0 Å². The molecular formula is C8H7N4O. The molecule has 1 aromatic carbocycles. The highest BCUT2D eigenvalue weighted by molar-refractivity contribution is 5.91. The minimum atomic E-state index is -0.455. The van der Waals surface area contributed by atoms with Gasteiger partial charge in [-0.05, 0) is 29.5 Å². The summed E-state index contributed by atoms with van der Waals surface area (Å²) in [5.41, 5.74) is 5.07. The van der Waals surface area contributed by atoms with Crippen molar-refractivity contribution in [2.75, 3.05) is 5.01 Å². The molecule has 1 radical (unpaired) electrons. The Balaban J connectivity index is 2.30. The van der Waals surface area contributed by atoms with E-state index in [-0.39, 0.29) is 0 Å². The summed E-state index contributed by atoms with van der Waals surface area (Å²) in [7, 11) is 0. The van der Waals surface area contributed by atoms with Crippen LogP contribution in [0.15, 0.2) is 34.7 Å². The second-order valence-electron chi connectivity index (χ2n) is 2.71. The Morgan fingerprint density at radius 2 is 1.92 bits per heavy atom. The maximum Gasteiger partial charge on any atom is 0.390 e. The number of nitrogens with zero attached hydrogens (tertiary/aromatic N) is 4. The highest BCUT2D eigenvalue weighted by Crippen LogP contribution is 2.18. The van der Waals surface area contributed by atoms with E-state index < -0.39 is 6.03 Å². The van der Waals surface area contributed by atoms with Crippen LogP contribution in [-0.4, -0.2) is 6.03 Å². The van der Waals surface area contributed by atoms with Crippen LogP contribution >= 0.6 is 0 Å². The van der Waals surface area contributed by atoms with Gasteiger partial charge in [0.1, 0.15) is 0 Å². The van der Waals surface area contributed by atoms with E-state index in [2.05, 4.69) is 15.9 Å². The number of hydrogen-bond acceptors (Lipinski definition) is 3. The minimum absolute atomic E-state index is 0.455. The van der Waals surface area contributed by atoms with Crippen LogP contribution in [0.3, 0.4) is 0 Å². The van der Waals surface area contributed by atoms with Crippen LogP contribution in [0, 0.1) is 6.92 Å². The van der Waals surface area contributed by atoms with E-state index in [4.69, 9.17) is 0 Å². The van der Waals surface area contributed by atoms with Crippen LogP contribution in [0.25, 0.3) is 0 Å². The van der Waals surface area contributed by atoms with Gasteiger partial charge in [0, 0.05) is 0 Å². The van der Waals surface area contributed by atoms with Crippen LogP contribution in [0.2, 0.25) is 0 Å². The summed E-state index contributed by atoms with van der Waals surface area (Å²) in [4.78, 5) is 11.0. The zero-order valence-corrected chi connectivity index (χ0v) is 7.01. The largest absolute Gasteiger partial charge is 0.390 e. The lowest BCUT2D eigenvalue weighted by Crippen LogP contribution is -2.22. The molecule has 5 heteroatoms. The summed E-state index contributed by atoms with van der Waals surface area (Å²) >= 11 is 0. The first-order valence-corrected chi connectivity index (χ1v) is 3.80. The molecule has 0 unspecified atom stereocenters. The Labute approximate surface area is 75.0 Å². The average Bonchev–Trinajstić information content (AvgIpc) is 2.53. The Morgan fingerprint density at radius 1 is 1.23 bits per heavy atom. The quantitative estimate of drug-likeness (QED) is 0.642. The number of hydrogen-bond donors (Lipinski definition) is 0. The predicted octanol–water partition coefficient (Wildman–Crippen LogP) is 1.82. The Bertz CT molecular complexity index is 357. The maximum atomic E-state index is 11.0. The average molecular weight is 175 g/mol. The van der Waals surface area contributed by atoms with Crippen molar-refractivity contribution in [1.29, 1.82) is 0 Å². The molecule has 2 amide bonds. The van der Waals surface area contributed by atoms with Crippen molar-refractivity contribution in [3.8, 4) is 0 Å². The Kier molecular flexibility index (Phi) is 1.70. The number of carbonyl (C=O) groups is 1. The summed E-state index contributed by atoms with van der Waals surface area (Å²) in [6.07, 6.45) is 0. The van der Waals surface area contributed by atoms with Gasteiger partial charge in [-0.2, -0.15) is 5.01 Å². The third kappa shape index (κ3) is 1.35. The predicted molar refractivity (Wildman–Crippen MR) is 46.0 cm³/mol. The zero-order valence-electron chi connectivity index (χ0n) is 7.01. The minimum Gasteiger partial charge on any atom is -0.242 e. The van der Waals surface area contributed by atoms with E-state index >= 15 is 0 Å². The second-order valence-corrected chi connectivity index (χ2v) is 2.71. The molecule has 0 atom stereocenters. The molecule has 0 saturated carbocycles. The molecule has 1 aliphatic rings. The number of urea groups is 1. The maximum absolute atomic E-state index is 11.0. The number of amides is 2. The van der Waals surface area contributed by atoms with E-state index in [9.17, 15) is 4.79 Å². The molecule has 5 nitrogen and oxygen atoms in total. The van der Waals surface area contributed by atoms with Crippen LogP contribution < -0.4 is 10.4 Å². The Hall–Kier alpha value is -1.91. The molecule has 2 rings (SSSR count). The normalized spacial score (nSPS) is 14.8. The monoisotopic (exact) mass is 175 g/mol. The van der Waals surface area contributed by atoms with Gasteiger partial charge in [-0.1, -0.05) is 23.1 Å². The molecule has 65 valence electrons. The van der Waals surface area contributed by atoms with Gasteiger partial charge >= 0.3 is 6.03 Å². The summed E-state index contributed by atoms with van der Waals surface area (Å²) in [5.74, 6) is 0. The summed E-state index contributed by atoms with van der Waals surface area (Å²) < 4.78 is 0. The zero-order chi connectivity index (χ0) is 9.26. The van der Waals surface area contributed by atoms with Crippen LogP contribution in [0.1, 0.15) is 5.56 Å². The fraction of sp³-hybridized carbons (Fsp3) is 0.125. The van der Waals surface area contributed by atoms with Crippen molar-refractivity contribution in [2.24, 2.45) is 10.4 Å². The molecule has 0 spiro atoms. The van der Waals surface area contributed by atoms with E-state index in [1.807, 2.05) is 19.1 Å². The van der Waals surface area contributed by atoms with Crippen molar-refractivity contribution in [3.63, 3.8) is 0 Å². The van der Waals surface area contributed by atoms with Gasteiger partial charge in [0.2, 0.25) is 0 Å². The number of rotatable bonds is 1. The molecule has 0 saturated heterocycles. The van der Waals surface area contributed by atoms with Crippen molar-refractivity contribution in [2.45, 2.75) is 6.92 Å². The highest BCUT2D eigenvalue weighted by Gasteiger charge is 2.21. The fourth-order valence-electron chi connectivity index (χ4n) is 1.03. The molecule has 0 aliphatic carbocycles. The number of anilines is 1. The van der Waals surface area contributed by atoms with Gasteiger partial charge in [-0.3, -0.25) is 0 Å². The third-order valence-corrected chi connectivity index (χ3v) is 1.72. The fourth-order valence-corrected chi connectivity index (χ4v) is 1.03. The van der Waals surface area contributed by atoms with Gasteiger partial charge in [-0.25, -0.2) is 4.79 Å². The molecule has 0 fully saturated rings. The molecule has 1 aliphatic heterocycles. The van der Waals surface area contributed by atoms with Crippen LogP contribution in [0.5, 0.6) is 0 Å². The first-order valence-electron chi connectivity index (χ1n) is 3.80. The van der Waals surface area contributed by atoms with Gasteiger partial charge in [0.15, 0.2) is 0 Å². The van der Waals surface area contributed by atoms with Crippen molar-refractivity contribution < 1.29 is 4.79 Å². The SMILES string of the molecule is Cc1ccc(N2N=N[N]C2=O)cc1. The van der Waals surface area contributed by atoms with E-state index in [0.29, 0.717) is 5.69 Å². The molecule has 0 N–H and O–H groups in total. The third-order valence-electron chi connectivity index (χ3n) is 1.72. The number of aryl methyl sites for hydroxylation is 1. The molecule has 1 heterocycles. The van der Waals surface area contributed by atoms with Gasteiger partial charge in [0.05, 0.1) is 5.69 Å². The Morgan fingerprint density at radius 3 is 2.46 bits per heavy atom.